The summed E-state index contributed by atoms with van der Waals surface area (Å²) < 4.78 is 29.6. The number of methoxy groups -OCH3 is 1. The maximum Gasteiger partial charge on any atom is 0.260 e. The highest BCUT2D eigenvalue weighted by Crippen LogP contribution is 2.63. The van der Waals surface area contributed by atoms with Gasteiger partial charge in [0.25, 0.3) is 5.88 Å². The fourth-order valence-corrected chi connectivity index (χ4v) is 5.71. The number of aromatic nitrogens is 1. The third-order valence-corrected chi connectivity index (χ3v) is 7.04. The summed E-state index contributed by atoms with van der Waals surface area (Å²) in [7, 11) is 1.63. The molecule has 1 N–H and O–H groups in total. The van der Waals surface area contributed by atoms with Crippen molar-refractivity contribution in [2.45, 2.75) is 36.9 Å². The van der Waals surface area contributed by atoms with Crippen molar-refractivity contribution in [3.05, 3.63) is 59.1 Å². The van der Waals surface area contributed by atoms with Crippen LogP contribution in [0.15, 0.2) is 46.7 Å². The maximum atomic E-state index is 11.6. The van der Waals surface area contributed by atoms with Gasteiger partial charge in [0.05, 0.1) is 38.0 Å². The Labute approximate surface area is 180 Å². The molecule has 4 unspecified atom stereocenters. The predicted molar refractivity (Wildman–Crippen MR) is 108 cm³/mol. The number of aliphatic hydroxyl groups is 1. The Balaban J connectivity index is 1.41. The molecule has 4 aliphatic rings. The fourth-order valence-electron chi connectivity index (χ4n) is 5.71. The second kappa shape index (κ2) is 7.34. The van der Waals surface area contributed by atoms with Crippen molar-refractivity contribution in [2.75, 3.05) is 33.4 Å². The molecule has 0 amide bonds. The van der Waals surface area contributed by atoms with Gasteiger partial charge in [-0.15, -0.1) is 0 Å². The Hall–Kier alpha value is -2.39. The first-order valence-electron chi connectivity index (χ1n) is 10.8. The van der Waals surface area contributed by atoms with E-state index in [0.29, 0.717) is 42.8 Å². The van der Waals surface area contributed by atoms with Gasteiger partial charge < -0.3 is 28.6 Å². The molecule has 1 aromatic heterocycles. The molecule has 2 bridgehead atoms. The SMILES string of the molecule is COC1=CC2CC3[C@H](N4CCOCC4)c4onc(OCc5ccccc5)c4C(O)C13O2. The third-order valence-electron chi connectivity index (χ3n) is 7.04. The Morgan fingerprint density at radius 3 is 2.81 bits per heavy atom. The Morgan fingerprint density at radius 1 is 1.23 bits per heavy atom. The standard InChI is InChI=1S/C23H26N2O6/c1-27-17-12-15-11-16-19(25-7-9-28-10-8-25)20-18(21(26)23(16,17)30-15)22(24-31-20)29-13-14-5-3-2-4-6-14/h2-6,12,15-16,19,21,26H,7-11,13H2,1H3/t15?,16?,19-,21?,23?/m0/s1. The molecule has 4 heterocycles. The summed E-state index contributed by atoms with van der Waals surface area (Å²) >= 11 is 0. The first-order valence-corrected chi connectivity index (χ1v) is 10.8. The number of aliphatic hydroxyl groups excluding tert-OH is 1. The van der Waals surface area contributed by atoms with Gasteiger partial charge >= 0.3 is 0 Å². The van der Waals surface area contributed by atoms with Crippen molar-refractivity contribution in [3.8, 4) is 5.88 Å². The van der Waals surface area contributed by atoms with Crippen LogP contribution in [0.3, 0.4) is 0 Å². The molecular formula is C23H26N2O6. The van der Waals surface area contributed by atoms with E-state index in [0.717, 1.165) is 25.1 Å². The summed E-state index contributed by atoms with van der Waals surface area (Å²) in [5, 5.41) is 15.9. The van der Waals surface area contributed by atoms with Crippen molar-refractivity contribution >= 4 is 0 Å². The van der Waals surface area contributed by atoms with E-state index < -0.39 is 11.7 Å². The molecule has 1 aliphatic carbocycles. The number of hydrogen-bond donors (Lipinski definition) is 1. The van der Waals surface area contributed by atoms with Gasteiger partial charge in [-0.1, -0.05) is 30.3 Å². The number of nitrogens with zero attached hydrogens (tertiary/aromatic N) is 2. The number of hydrogen-bond acceptors (Lipinski definition) is 8. The summed E-state index contributed by atoms with van der Waals surface area (Å²) in [4.78, 5) is 2.35. The highest BCUT2D eigenvalue weighted by molar-refractivity contribution is 5.45. The summed E-state index contributed by atoms with van der Waals surface area (Å²) in [6, 6.07) is 9.77. The molecule has 5 atom stereocenters. The predicted octanol–water partition coefficient (Wildman–Crippen LogP) is 2.36. The molecule has 8 nitrogen and oxygen atoms in total. The molecular weight excluding hydrogens is 400 g/mol. The Kier molecular flexibility index (Phi) is 4.57. The molecule has 2 saturated heterocycles. The van der Waals surface area contributed by atoms with E-state index in [2.05, 4.69) is 10.1 Å². The van der Waals surface area contributed by atoms with Gasteiger partial charge in [-0.05, 0) is 23.2 Å². The second-order valence-electron chi connectivity index (χ2n) is 8.56. The van der Waals surface area contributed by atoms with Crippen molar-refractivity contribution in [3.63, 3.8) is 0 Å². The highest BCUT2D eigenvalue weighted by Gasteiger charge is 2.68. The van der Waals surface area contributed by atoms with E-state index >= 15 is 0 Å². The molecule has 1 aromatic carbocycles. The van der Waals surface area contributed by atoms with E-state index in [4.69, 9.17) is 23.5 Å². The number of morpholine rings is 1. The monoisotopic (exact) mass is 426 g/mol. The summed E-state index contributed by atoms with van der Waals surface area (Å²) in [5.74, 6) is 1.65. The second-order valence-corrected chi connectivity index (χ2v) is 8.56. The lowest BCUT2D eigenvalue weighted by Gasteiger charge is -2.48. The number of fused-ring (bicyclic) bond motifs is 2. The molecule has 8 heteroatoms. The van der Waals surface area contributed by atoms with Gasteiger partial charge in [0, 0.05) is 19.0 Å². The molecule has 164 valence electrons. The summed E-state index contributed by atoms with van der Waals surface area (Å²) in [6.45, 7) is 3.23. The van der Waals surface area contributed by atoms with Crippen molar-refractivity contribution in [1.29, 1.82) is 0 Å². The van der Waals surface area contributed by atoms with E-state index in [-0.39, 0.29) is 18.1 Å². The normalized spacial score (nSPS) is 34.2. The van der Waals surface area contributed by atoms with E-state index in [1.165, 1.54) is 0 Å². The molecule has 2 aromatic rings. The third kappa shape index (κ3) is 2.79. The van der Waals surface area contributed by atoms with Gasteiger partial charge in [-0.3, -0.25) is 4.90 Å². The van der Waals surface area contributed by atoms with Crippen LogP contribution in [0.1, 0.15) is 35.5 Å². The average Bonchev–Trinajstić information content (AvgIpc) is 3.51. The quantitative estimate of drug-likeness (QED) is 0.780. The summed E-state index contributed by atoms with van der Waals surface area (Å²) in [5.41, 5.74) is 0.626. The molecule has 0 saturated carbocycles. The minimum Gasteiger partial charge on any atom is -0.498 e. The lowest BCUT2D eigenvalue weighted by atomic mass is 9.66. The van der Waals surface area contributed by atoms with E-state index in [1.807, 2.05) is 36.4 Å². The molecule has 2 fully saturated rings. The Bertz CT molecular complexity index is 985. The highest BCUT2D eigenvalue weighted by atomic mass is 16.6. The van der Waals surface area contributed by atoms with Gasteiger partial charge in [0.2, 0.25) is 0 Å². The van der Waals surface area contributed by atoms with Crippen LogP contribution in [0.2, 0.25) is 0 Å². The molecule has 0 radical (unpaired) electrons. The van der Waals surface area contributed by atoms with Crippen LogP contribution in [0.5, 0.6) is 5.88 Å². The number of ether oxygens (including phenoxy) is 4. The largest absolute Gasteiger partial charge is 0.498 e. The Morgan fingerprint density at radius 2 is 2.03 bits per heavy atom. The number of rotatable bonds is 5. The zero-order chi connectivity index (χ0) is 21.0. The molecule has 3 aliphatic heterocycles. The topological polar surface area (TPSA) is 86.4 Å². The minimum atomic E-state index is -0.986. The van der Waals surface area contributed by atoms with Crippen LogP contribution < -0.4 is 4.74 Å². The van der Waals surface area contributed by atoms with Crippen LogP contribution in [0.25, 0.3) is 0 Å². The fraction of sp³-hybridized carbons (Fsp3) is 0.522. The van der Waals surface area contributed by atoms with Gasteiger partial charge in [0.15, 0.2) is 11.4 Å². The van der Waals surface area contributed by atoms with Crippen LogP contribution in [0.4, 0.5) is 0 Å². The lowest BCUT2D eigenvalue weighted by Crippen LogP contribution is -2.54. The van der Waals surface area contributed by atoms with Crippen LogP contribution in [-0.2, 0) is 20.8 Å². The van der Waals surface area contributed by atoms with Crippen molar-refractivity contribution in [2.24, 2.45) is 5.92 Å². The van der Waals surface area contributed by atoms with Crippen LogP contribution >= 0.6 is 0 Å². The zero-order valence-corrected chi connectivity index (χ0v) is 17.4. The van der Waals surface area contributed by atoms with Gasteiger partial charge in [-0.25, -0.2) is 0 Å². The van der Waals surface area contributed by atoms with Crippen LogP contribution in [-0.4, -0.2) is 60.3 Å². The summed E-state index contributed by atoms with van der Waals surface area (Å²) in [6.07, 6.45) is 1.72. The van der Waals surface area contributed by atoms with E-state index in [1.54, 1.807) is 7.11 Å². The van der Waals surface area contributed by atoms with E-state index in [9.17, 15) is 5.11 Å². The maximum absolute atomic E-state index is 11.6. The first-order chi connectivity index (χ1) is 15.2. The average molecular weight is 426 g/mol. The van der Waals surface area contributed by atoms with Gasteiger partial charge in [-0.2, -0.15) is 0 Å². The van der Waals surface area contributed by atoms with Crippen molar-refractivity contribution < 1.29 is 28.6 Å². The molecule has 1 spiro atoms. The first kappa shape index (κ1) is 19.3. The molecule has 31 heavy (non-hydrogen) atoms. The zero-order valence-electron chi connectivity index (χ0n) is 17.4. The smallest absolute Gasteiger partial charge is 0.260 e. The van der Waals surface area contributed by atoms with Gasteiger partial charge in [0.1, 0.15) is 18.5 Å². The molecule has 6 rings (SSSR count). The van der Waals surface area contributed by atoms with Crippen LogP contribution in [0, 0.1) is 5.92 Å². The minimum absolute atomic E-state index is 0.00651. The lowest BCUT2D eigenvalue weighted by molar-refractivity contribution is -0.140. The van der Waals surface area contributed by atoms with Crippen molar-refractivity contribution in [1.82, 2.24) is 10.1 Å². The number of benzene rings is 1.